The molecule has 1 aromatic heterocycles. The second-order valence-corrected chi connectivity index (χ2v) is 7.08. The molecule has 2 aromatic rings. The van der Waals surface area contributed by atoms with E-state index in [0.29, 0.717) is 28.2 Å². The number of thioether (sulfide) groups is 1. The van der Waals surface area contributed by atoms with Crippen molar-refractivity contribution in [1.82, 2.24) is 15.3 Å². The SMILES string of the molecule is CCCNC(=O)c1cccc(CSc2nc(Cl)cc(N(CC)CC)n2)c1. The lowest BCUT2D eigenvalue weighted by molar-refractivity contribution is 0.0953. The first kappa shape index (κ1) is 20.5. The molecule has 0 radical (unpaired) electrons. The number of nitrogens with zero attached hydrogens (tertiary/aromatic N) is 3. The van der Waals surface area contributed by atoms with Gasteiger partial charge in [0, 0.05) is 37.0 Å². The van der Waals surface area contributed by atoms with Crippen LogP contribution in [0.15, 0.2) is 35.5 Å². The molecule has 0 aliphatic carbocycles. The Morgan fingerprint density at radius 2 is 1.96 bits per heavy atom. The fraction of sp³-hybridized carbons (Fsp3) is 0.421. The lowest BCUT2D eigenvalue weighted by Gasteiger charge is -2.20. The minimum Gasteiger partial charge on any atom is -0.357 e. The van der Waals surface area contributed by atoms with Crippen molar-refractivity contribution in [2.45, 2.75) is 38.1 Å². The van der Waals surface area contributed by atoms with Crippen LogP contribution >= 0.6 is 23.4 Å². The van der Waals surface area contributed by atoms with Crippen molar-refractivity contribution in [3.63, 3.8) is 0 Å². The Hall–Kier alpha value is -1.79. The van der Waals surface area contributed by atoms with Gasteiger partial charge in [-0.25, -0.2) is 9.97 Å². The van der Waals surface area contributed by atoms with Crippen LogP contribution < -0.4 is 10.2 Å². The minimum atomic E-state index is -0.0403. The molecule has 0 unspecified atom stereocenters. The second-order valence-electron chi connectivity index (χ2n) is 5.75. The van der Waals surface area contributed by atoms with Gasteiger partial charge in [0.15, 0.2) is 5.16 Å². The van der Waals surface area contributed by atoms with E-state index in [9.17, 15) is 4.79 Å². The fourth-order valence-electron chi connectivity index (χ4n) is 2.45. The molecule has 0 saturated carbocycles. The molecule has 0 saturated heterocycles. The van der Waals surface area contributed by atoms with Gasteiger partial charge in [-0.1, -0.05) is 42.4 Å². The number of aromatic nitrogens is 2. The van der Waals surface area contributed by atoms with Crippen LogP contribution in [0.5, 0.6) is 0 Å². The highest BCUT2D eigenvalue weighted by Crippen LogP contribution is 2.24. The fourth-order valence-corrected chi connectivity index (χ4v) is 3.47. The molecule has 26 heavy (non-hydrogen) atoms. The molecular weight excluding hydrogens is 368 g/mol. The molecule has 0 bridgehead atoms. The third-order valence-corrected chi connectivity index (χ3v) is 4.95. The van der Waals surface area contributed by atoms with Crippen LogP contribution in [0.1, 0.15) is 43.1 Å². The summed E-state index contributed by atoms with van der Waals surface area (Å²) in [6.45, 7) is 8.61. The first-order valence-electron chi connectivity index (χ1n) is 8.86. The van der Waals surface area contributed by atoms with E-state index in [1.165, 1.54) is 11.8 Å². The van der Waals surface area contributed by atoms with Crippen molar-refractivity contribution in [3.05, 3.63) is 46.6 Å². The summed E-state index contributed by atoms with van der Waals surface area (Å²) in [4.78, 5) is 23.1. The predicted octanol–water partition coefficient (Wildman–Crippen LogP) is 4.41. The van der Waals surface area contributed by atoms with Crippen LogP contribution in [0.2, 0.25) is 5.15 Å². The molecule has 0 aliphatic heterocycles. The summed E-state index contributed by atoms with van der Waals surface area (Å²) in [5.74, 6) is 1.47. The minimum absolute atomic E-state index is 0.0403. The van der Waals surface area contributed by atoms with Crippen molar-refractivity contribution in [2.24, 2.45) is 0 Å². The average Bonchev–Trinajstić information content (AvgIpc) is 2.65. The molecule has 0 aliphatic rings. The van der Waals surface area contributed by atoms with E-state index in [4.69, 9.17) is 11.6 Å². The Kier molecular flexibility index (Phi) is 8.19. The van der Waals surface area contributed by atoms with E-state index in [1.54, 1.807) is 6.07 Å². The number of carbonyl (C=O) groups is 1. The molecule has 140 valence electrons. The number of halogens is 1. The van der Waals surface area contributed by atoms with Crippen LogP contribution in [0.4, 0.5) is 5.82 Å². The van der Waals surface area contributed by atoms with E-state index in [2.05, 4.69) is 34.0 Å². The molecule has 2 rings (SSSR count). The molecule has 1 heterocycles. The third kappa shape index (κ3) is 5.88. The van der Waals surface area contributed by atoms with Crippen molar-refractivity contribution in [2.75, 3.05) is 24.5 Å². The highest BCUT2D eigenvalue weighted by molar-refractivity contribution is 7.98. The summed E-state index contributed by atoms with van der Waals surface area (Å²) in [6, 6.07) is 9.43. The maximum absolute atomic E-state index is 12.1. The molecule has 0 fully saturated rings. The van der Waals surface area contributed by atoms with Gasteiger partial charge in [0.1, 0.15) is 11.0 Å². The van der Waals surface area contributed by atoms with E-state index < -0.39 is 0 Å². The number of hydrogen-bond acceptors (Lipinski definition) is 5. The van der Waals surface area contributed by atoms with Gasteiger partial charge in [0.05, 0.1) is 0 Å². The molecule has 1 amide bonds. The molecular formula is C19H25ClN4OS. The Morgan fingerprint density at radius 3 is 2.65 bits per heavy atom. The number of anilines is 1. The Balaban J connectivity index is 2.08. The van der Waals surface area contributed by atoms with Gasteiger partial charge >= 0.3 is 0 Å². The Labute approximate surface area is 164 Å². The van der Waals surface area contributed by atoms with Crippen LogP contribution in [-0.4, -0.2) is 35.5 Å². The lowest BCUT2D eigenvalue weighted by atomic mass is 10.1. The zero-order chi connectivity index (χ0) is 18.9. The van der Waals surface area contributed by atoms with Gasteiger partial charge in [0.2, 0.25) is 0 Å². The highest BCUT2D eigenvalue weighted by atomic mass is 35.5. The second kappa shape index (κ2) is 10.4. The predicted molar refractivity (Wildman–Crippen MR) is 109 cm³/mol. The zero-order valence-corrected chi connectivity index (χ0v) is 17.0. The summed E-state index contributed by atoms with van der Waals surface area (Å²) < 4.78 is 0. The number of hydrogen-bond donors (Lipinski definition) is 1. The molecule has 7 heteroatoms. The monoisotopic (exact) mass is 392 g/mol. The first-order chi connectivity index (χ1) is 12.6. The van der Waals surface area contributed by atoms with Gasteiger partial charge < -0.3 is 10.2 Å². The number of carbonyl (C=O) groups excluding carboxylic acids is 1. The van der Waals surface area contributed by atoms with Crippen molar-refractivity contribution in [3.8, 4) is 0 Å². The van der Waals surface area contributed by atoms with Gasteiger partial charge in [-0.2, -0.15) is 0 Å². The lowest BCUT2D eigenvalue weighted by Crippen LogP contribution is -2.23. The van der Waals surface area contributed by atoms with Gasteiger partial charge in [0.25, 0.3) is 5.91 Å². The van der Waals surface area contributed by atoms with Crippen molar-refractivity contribution in [1.29, 1.82) is 0 Å². The van der Waals surface area contributed by atoms with Crippen LogP contribution in [0.25, 0.3) is 0 Å². The summed E-state index contributed by atoms with van der Waals surface area (Å²) in [7, 11) is 0. The van der Waals surface area contributed by atoms with E-state index in [0.717, 1.165) is 30.9 Å². The van der Waals surface area contributed by atoms with Gasteiger partial charge in [-0.15, -0.1) is 0 Å². The largest absolute Gasteiger partial charge is 0.357 e. The molecule has 5 nitrogen and oxygen atoms in total. The van der Waals surface area contributed by atoms with Crippen LogP contribution in [0, 0.1) is 0 Å². The van der Waals surface area contributed by atoms with Gasteiger partial charge in [-0.3, -0.25) is 4.79 Å². The summed E-state index contributed by atoms with van der Waals surface area (Å²) in [5.41, 5.74) is 1.72. The normalized spacial score (nSPS) is 10.6. The Morgan fingerprint density at radius 1 is 1.19 bits per heavy atom. The number of rotatable bonds is 9. The topological polar surface area (TPSA) is 58.1 Å². The maximum Gasteiger partial charge on any atom is 0.251 e. The van der Waals surface area contributed by atoms with Crippen molar-refractivity contribution < 1.29 is 4.79 Å². The summed E-state index contributed by atoms with van der Waals surface area (Å²) in [5, 5.41) is 3.98. The van der Waals surface area contributed by atoms with E-state index in [-0.39, 0.29) is 5.91 Å². The highest BCUT2D eigenvalue weighted by Gasteiger charge is 2.10. The summed E-state index contributed by atoms with van der Waals surface area (Å²) in [6.07, 6.45) is 0.919. The third-order valence-electron chi connectivity index (χ3n) is 3.84. The van der Waals surface area contributed by atoms with Crippen LogP contribution in [-0.2, 0) is 5.75 Å². The Bertz CT molecular complexity index is 737. The van der Waals surface area contributed by atoms with Crippen LogP contribution in [0.3, 0.4) is 0 Å². The number of amides is 1. The van der Waals surface area contributed by atoms with E-state index in [1.807, 2.05) is 31.2 Å². The smallest absolute Gasteiger partial charge is 0.251 e. The number of nitrogens with one attached hydrogen (secondary N) is 1. The standard InChI is InChI=1S/C19H25ClN4OS/c1-4-10-21-18(25)15-9-7-8-14(11-15)13-26-19-22-16(20)12-17(23-19)24(5-2)6-3/h7-9,11-12H,4-6,10,13H2,1-3H3,(H,21,25). The van der Waals surface area contributed by atoms with Gasteiger partial charge in [-0.05, 0) is 38.0 Å². The zero-order valence-electron chi connectivity index (χ0n) is 15.5. The number of benzene rings is 1. The first-order valence-corrected chi connectivity index (χ1v) is 10.2. The quantitative estimate of drug-likeness (QED) is 0.389. The molecule has 1 N–H and O–H groups in total. The van der Waals surface area contributed by atoms with E-state index >= 15 is 0 Å². The molecule has 1 aromatic carbocycles. The molecule has 0 atom stereocenters. The van der Waals surface area contributed by atoms with Crippen molar-refractivity contribution >= 4 is 35.1 Å². The molecule has 0 spiro atoms. The maximum atomic E-state index is 12.1. The average molecular weight is 393 g/mol. The summed E-state index contributed by atoms with van der Waals surface area (Å²) >= 11 is 7.67.